The number of hydrogen-bond acceptors (Lipinski definition) is 6. The van der Waals surface area contributed by atoms with Crippen molar-refractivity contribution in [1.82, 2.24) is 9.80 Å². The summed E-state index contributed by atoms with van der Waals surface area (Å²) in [6.45, 7) is 10.1. The normalized spacial score (nSPS) is 13.5. The molecular weight excluding hydrogens is 544 g/mol. The van der Waals surface area contributed by atoms with E-state index in [-0.39, 0.29) is 16.7 Å². The number of nitrogens with zero attached hydrogens (tertiary/aromatic N) is 3. The Kier molecular flexibility index (Phi) is 9.65. The number of carbonyl (C=O) groups is 2. The zero-order valence-electron chi connectivity index (χ0n) is 23.6. The van der Waals surface area contributed by atoms with Gasteiger partial charge in [-0.1, -0.05) is 39.0 Å². The van der Waals surface area contributed by atoms with E-state index in [1.54, 1.807) is 24.3 Å². The van der Waals surface area contributed by atoms with Crippen molar-refractivity contribution in [1.29, 1.82) is 0 Å². The third kappa shape index (κ3) is 6.24. The zero-order valence-corrected chi connectivity index (χ0v) is 25.3. The van der Waals surface area contributed by atoms with Gasteiger partial charge in [-0.05, 0) is 67.8 Å². The lowest BCUT2D eigenvalue weighted by Crippen LogP contribution is -2.35. The molecule has 0 bridgehead atoms. The van der Waals surface area contributed by atoms with Crippen LogP contribution in [0.25, 0.3) is 0 Å². The Bertz CT molecular complexity index is 1430. The van der Waals surface area contributed by atoms with Gasteiger partial charge in [0.05, 0.1) is 16.1 Å². The van der Waals surface area contributed by atoms with E-state index in [0.717, 1.165) is 49.3 Å². The summed E-state index contributed by atoms with van der Waals surface area (Å²) >= 11 is 1.47. The molecule has 1 aliphatic heterocycles. The number of hydrogen-bond donors (Lipinski definition) is 1. The minimum Gasteiger partial charge on any atom is -0.339 e. The largest absolute Gasteiger partial charge is 0.339 e. The second-order valence-electron chi connectivity index (χ2n) is 9.91. The molecule has 3 aromatic rings. The third-order valence-electron chi connectivity index (χ3n) is 7.19. The number of fused-ring (bicyclic) bond motifs is 1. The molecule has 0 fully saturated rings. The summed E-state index contributed by atoms with van der Waals surface area (Å²) in [6.07, 6.45) is 2.49. The minimum absolute atomic E-state index is 0.0353. The molecule has 8 nitrogen and oxygen atoms in total. The van der Waals surface area contributed by atoms with Crippen LogP contribution in [0.4, 0.5) is 10.7 Å². The third-order valence-corrected chi connectivity index (χ3v) is 10.1. The lowest BCUT2D eigenvalue weighted by molar-refractivity contribution is 0.0755. The molecule has 10 heteroatoms. The molecule has 0 atom stereocenters. The average molecular weight is 583 g/mol. The van der Waals surface area contributed by atoms with E-state index >= 15 is 0 Å². The summed E-state index contributed by atoms with van der Waals surface area (Å²) in [5.74, 6) is -0.412. The number of carbonyl (C=O) groups excluding carboxylic acids is 2. The van der Waals surface area contributed by atoms with E-state index in [2.05, 4.69) is 31.0 Å². The van der Waals surface area contributed by atoms with Crippen LogP contribution < -0.4 is 9.62 Å². The number of rotatable bonds is 11. The van der Waals surface area contributed by atoms with Gasteiger partial charge in [-0.3, -0.25) is 18.8 Å². The van der Waals surface area contributed by atoms with Crippen molar-refractivity contribution < 1.29 is 18.0 Å². The highest BCUT2D eigenvalue weighted by Crippen LogP contribution is 2.38. The molecule has 0 aliphatic carbocycles. The monoisotopic (exact) mass is 582 g/mol. The summed E-state index contributed by atoms with van der Waals surface area (Å²) in [5.41, 5.74) is 2.51. The second-order valence-corrected chi connectivity index (χ2v) is 13.0. The molecular formula is C30H38N4O4S2. The molecule has 40 heavy (non-hydrogen) atoms. The molecule has 214 valence electrons. The van der Waals surface area contributed by atoms with Gasteiger partial charge in [0.1, 0.15) is 5.00 Å². The van der Waals surface area contributed by atoms with Crippen molar-refractivity contribution in [3.8, 4) is 0 Å². The predicted octanol–water partition coefficient (Wildman–Crippen LogP) is 5.47. The van der Waals surface area contributed by atoms with E-state index in [1.807, 2.05) is 11.0 Å². The van der Waals surface area contributed by atoms with Crippen molar-refractivity contribution >= 4 is 43.9 Å². The molecule has 2 aromatic carbocycles. The van der Waals surface area contributed by atoms with Crippen LogP contribution in [-0.4, -0.2) is 63.3 Å². The quantitative estimate of drug-likeness (QED) is 0.324. The van der Waals surface area contributed by atoms with E-state index in [1.165, 1.54) is 47.0 Å². The van der Waals surface area contributed by atoms with Crippen LogP contribution in [0, 0.1) is 0 Å². The van der Waals surface area contributed by atoms with Gasteiger partial charge in [-0.2, -0.15) is 0 Å². The molecule has 0 radical (unpaired) electrons. The topological polar surface area (TPSA) is 90.0 Å². The molecule has 0 saturated heterocycles. The van der Waals surface area contributed by atoms with Gasteiger partial charge in [0.25, 0.3) is 21.8 Å². The van der Waals surface area contributed by atoms with Crippen LogP contribution in [0.3, 0.4) is 0 Å². The minimum atomic E-state index is -3.79. The number of anilines is 2. The summed E-state index contributed by atoms with van der Waals surface area (Å²) in [4.78, 5) is 32.6. The first-order valence-corrected chi connectivity index (χ1v) is 16.1. The maximum absolute atomic E-state index is 13.8. The number of likely N-dealkylation sites (N-methyl/N-ethyl adjacent to an activating group) is 1. The number of nitrogens with one attached hydrogen (secondary N) is 1. The Morgan fingerprint density at radius 2 is 1.62 bits per heavy atom. The zero-order chi connectivity index (χ0) is 28.9. The maximum atomic E-state index is 13.8. The lowest BCUT2D eigenvalue weighted by atomic mass is 10.0. The van der Waals surface area contributed by atoms with Gasteiger partial charge in [0, 0.05) is 43.7 Å². The van der Waals surface area contributed by atoms with Crippen LogP contribution in [0.5, 0.6) is 0 Å². The Balaban J connectivity index is 1.60. The fraction of sp³-hybridized carbons (Fsp3) is 0.400. The molecule has 0 spiro atoms. The van der Waals surface area contributed by atoms with Gasteiger partial charge < -0.3 is 10.2 Å². The van der Waals surface area contributed by atoms with E-state index in [9.17, 15) is 18.0 Å². The van der Waals surface area contributed by atoms with Crippen molar-refractivity contribution in [2.75, 3.05) is 42.8 Å². The highest BCUT2D eigenvalue weighted by molar-refractivity contribution is 7.92. The van der Waals surface area contributed by atoms with Crippen molar-refractivity contribution in [2.45, 2.75) is 51.5 Å². The SMILES string of the molecule is CCCN(CCC)C(=O)c1c(NC(=O)c2ccc(S(=O)(=O)N(C)c3ccccc3)cc2)sc2c1CCN(CC)C2. The fourth-order valence-electron chi connectivity index (χ4n) is 4.94. The van der Waals surface area contributed by atoms with E-state index in [0.29, 0.717) is 34.9 Å². The summed E-state index contributed by atoms with van der Waals surface area (Å²) in [5, 5.41) is 3.56. The number of amides is 2. The first kappa shape index (κ1) is 29.8. The molecule has 1 N–H and O–H groups in total. The summed E-state index contributed by atoms with van der Waals surface area (Å²) in [7, 11) is -2.29. The Morgan fingerprint density at radius 3 is 2.23 bits per heavy atom. The van der Waals surface area contributed by atoms with Gasteiger partial charge >= 0.3 is 0 Å². The molecule has 1 aromatic heterocycles. The summed E-state index contributed by atoms with van der Waals surface area (Å²) in [6, 6.07) is 14.7. The van der Waals surface area contributed by atoms with Crippen LogP contribution in [0.2, 0.25) is 0 Å². The first-order chi connectivity index (χ1) is 19.2. The van der Waals surface area contributed by atoms with Crippen molar-refractivity contribution in [3.05, 3.63) is 76.2 Å². The average Bonchev–Trinajstić information content (AvgIpc) is 3.33. The molecule has 2 heterocycles. The highest BCUT2D eigenvalue weighted by Gasteiger charge is 2.31. The highest BCUT2D eigenvalue weighted by atomic mass is 32.2. The first-order valence-electron chi connectivity index (χ1n) is 13.8. The van der Waals surface area contributed by atoms with Crippen molar-refractivity contribution in [2.24, 2.45) is 0 Å². The smallest absolute Gasteiger partial charge is 0.264 e. The summed E-state index contributed by atoms with van der Waals surface area (Å²) < 4.78 is 27.5. The Morgan fingerprint density at radius 1 is 0.975 bits per heavy atom. The van der Waals surface area contributed by atoms with Crippen molar-refractivity contribution in [3.63, 3.8) is 0 Å². The molecule has 4 rings (SSSR count). The van der Waals surface area contributed by atoms with Crippen LogP contribution >= 0.6 is 11.3 Å². The Hall–Kier alpha value is -3.21. The predicted molar refractivity (Wildman–Crippen MR) is 162 cm³/mol. The van der Waals surface area contributed by atoms with Crippen LogP contribution in [0.1, 0.15) is 64.8 Å². The molecule has 1 aliphatic rings. The number of thiophene rings is 1. The van der Waals surface area contributed by atoms with E-state index in [4.69, 9.17) is 0 Å². The van der Waals surface area contributed by atoms with Gasteiger partial charge in [0.15, 0.2) is 0 Å². The fourth-order valence-corrected chi connectivity index (χ4v) is 7.41. The lowest BCUT2D eigenvalue weighted by Gasteiger charge is -2.27. The van der Waals surface area contributed by atoms with Crippen LogP contribution in [-0.2, 0) is 23.0 Å². The van der Waals surface area contributed by atoms with Gasteiger partial charge in [-0.15, -0.1) is 11.3 Å². The Labute approximate surface area is 241 Å². The van der Waals surface area contributed by atoms with Gasteiger partial charge in [-0.25, -0.2) is 8.42 Å². The molecule has 2 amide bonds. The maximum Gasteiger partial charge on any atom is 0.264 e. The number of sulfonamides is 1. The van der Waals surface area contributed by atoms with E-state index < -0.39 is 10.0 Å². The standard InChI is InChI=1S/C30H38N4O4S2/c1-5-18-34(19-6-2)30(36)27-25-17-20-33(7-3)21-26(25)39-29(27)31-28(35)22-13-15-24(16-14-22)40(37,38)32(4)23-11-9-8-10-12-23/h8-16H,5-7,17-21H2,1-4H3,(H,31,35). The number of para-hydroxylation sites is 1. The van der Waals surface area contributed by atoms with Crippen LogP contribution in [0.15, 0.2) is 59.5 Å². The second kappa shape index (κ2) is 13.0. The molecule has 0 saturated carbocycles. The number of benzene rings is 2. The molecule has 0 unspecified atom stereocenters. The van der Waals surface area contributed by atoms with Gasteiger partial charge in [0.2, 0.25) is 0 Å².